The SMILES string of the molecule is Cc1ccc(NS(=O)(=O)c2cnc(Cl)c(Cl)c2)cc1Cl. The van der Waals surface area contributed by atoms with Crippen molar-refractivity contribution in [1.82, 2.24) is 4.98 Å². The summed E-state index contributed by atoms with van der Waals surface area (Å²) in [4.78, 5) is 3.63. The Labute approximate surface area is 131 Å². The maximum atomic E-state index is 12.2. The molecule has 0 fully saturated rings. The molecular weight excluding hydrogens is 343 g/mol. The highest BCUT2D eigenvalue weighted by Crippen LogP contribution is 2.25. The van der Waals surface area contributed by atoms with Crippen LogP contribution in [0.1, 0.15) is 5.56 Å². The van der Waals surface area contributed by atoms with Gasteiger partial charge in [0.1, 0.15) is 10.0 Å². The van der Waals surface area contributed by atoms with Gasteiger partial charge in [0.25, 0.3) is 10.0 Å². The number of pyridine rings is 1. The third kappa shape index (κ3) is 3.35. The first-order valence-corrected chi connectivity index (χ1v) is 8.01. The lowest BCUT2D eigenvalue weighted by Crippen LogP contribution is -2.13. The van der Waals surface area contributed by atoms with Crippen molar-refractivity contribution < 1.29 is 8.42 Å². The molecule has 0 saturated heterocycles. The summed E-state index contributed by atoms with van der Waals surface area (Å²) in [7, 11) is -3.80. The van der Waals surface area contributed by atoms with Crippen molar-refractivity contribution in [1.29, 1.82) is 0 Å². The Morgan fingerprint density at radius 1 is 1.10 bits per heavy atom. The van der Waals surface area contributed by atoms with Gasteiger partial charge >= 0.3 is 0 Å². The lowest BCUT2D eigenvalue weighted by molar-refractivity contribution is 0.601. The molecule has 0 amide bonds. The van der Waals surface area contributed by atoms with Gasteiger partial charge in [-0.05, 0) is 30.7 Å². The van der Waals surface area contributed by atoms with Crippen LogP contribution in [-0.2, 0) is 10.0 Å². The number of benzene rings is 1. The third-order valence-corrected chi connectivity index (χ3v) is 4.95. The molecule has 2 rings (SSSR count). The first-order chi connectivity index (χ1) is 9.29. The topological polar surface area (TPSA) is 59.1 Å². The van der Waals surface area contributed by atoms with Crippen LogP contribution in [0.2, 0.25) is 15.2 Å². The van der Waals surface area contributed by atoms with Crippen LogP contribution in [0.25, 0.3) is 0 Å². The van der Waals surface area contributed by atoms with E-state index >= 15 is 0 Å². The third-order valence-electron chi connectivity index (χ3n) is 2.51. The molecule has 0 saturated carbocycles. The number of aryl methyl sites for hydroxylation is 1. The van der Waals surface area contributed by atoms with Crippen LogP contribution in [0.3, 0.4) is 0 Å². The van der Waals surface area contributed by atoms with Crippen molar-refractivity contribution in [3.63, 3.8) is 0 Å². The molecule has 0 unspecified atom stereocenters. The Morgan fingerprint density at radius 2 is 1.80 bits per heavy atom. The van der Waals surface area contributed by atoms with Crippen molar-refractivity contribution in [2.75, 3.05) is 4.72 Å². The van der Waals surface area contributed by atoms with E-state index < -0.39 is 10.0 Å². The maximum absolute atomic E-state index is 12.2. The quantitative estimate of drug-likeness (QED) is 0.845. The molecule has 1 aromatic carbocycles. The van der Waals surface area contributed by atoms with Gasteiger partial charge in [0.05, 0.1) is 10.7 Å². The molecule has 20 heavy (non-hydrogen) atoms. The van der Waals surface area contributed by atoms with Crippen LogP contribution in [0.4, 0.5) is 5.69 Å². The number of hydrogen-bond donors (Lipinski definition) is 1. The fourth-order valence-corrected chi connectivity index (χ4v) is 2.96. The number of anilines is 1. The molecule has 0 aliphatic rings. The van der Waals surface area contributed by atoms with E-state index in [0.29, 0.717) is 10.7 Å². The van der Waals surface area contributed by atoms with E-state index in [9.17, 15) is 8.42 Å². The molecule has 0 radical (unpaired) electrons. The standard InChI is InChI=1S/C12H9Cl3N2O2S/c1-7-2-3-8(4-10(7)13)17-20(18,19)9-5-11(14)12(15)16-6-9/h2-6,17H,1H3. The average Bonchev–Trinajstić information content (AvgIpc) is 2.37. The van der Waals surface area contributed by atoms with Crippen LogP contribution in [0.15, 0.2) is 35.4 Å². The second-order valence-corrected chi connectivity index (χ2v) is 6.87. The van der Waals surface area contributed by atoms with E-state index in [4.69, 9.17) is 34.8 Å². The lowest BCUT2D eigenvalue weighted by atomic mass is 10.2. The van der Waals surface area contributed by atoms with Crippen LogP contribution < -0.4 is 4.72 Å². The van der Waals surface area contributed by atoms with E-state index in [1.54, 1.807) is 12.1 Å². The van der Waals surface area contributed by atoms with Gasteiger partial charge in [-0.15, -0.1) is 0 Å². The molecule has 0 spiro atoms. The summed E-state index contributed by atoms with van der Waals surface area (Å²) in [6.45, 7) is 1.82. The highest BCUT2D eigenvalue weighted by Gasteiger charge is 2.16. The molecule has 106 valence electrons. The van der Waals surface area contributed by atoms with Crippen LogP contribution in [0.5, 0.6) is 0 Å². The molecule has 0 aliphatic heterocycles. The van der Waals surface area contributed by atoms with Gasteiger partial charge in [-0.1, -0.05) is 40.9 Å². The maximum Gasteiger partial charge on any atom is 0.263 e. The van der Waals surface area contributed by atoms with Gasteiger partial charge in [-0.3, -0.25) is 4.72 Å². The fourth-order valence-electron chi connectivity index (χ4n) is 1.42. The van der Waals surface area contributed by atoms with E-state index in [-0.39, 0.29) is 15.1 Å². The molecular formula is C12H9Cl3N2O2S. The van der Waals surface area contributed by atoms with Gasteiger partial charge in [-0.25, -0.2) is 13.4 Å². The minimum absolute atomic E-state index is 0.0454. The molecule has 8 heteroatoms. The first kappa shape index (κ1) is 15.4. The summed E-state index contributed by atoms with van der Waals surface area (Å²) in [6.07, 6.45) is 1.13. The molecule has 4 nitrogen and oxygen atoms in total. The van der Waals surface area contributed by atoms with Gasteiger partial charge in [0.2, 0.25) is 0 Å². The van der Waals surface area contributed by atoms with Gasteiger partial charge in [0.15, 0.2) is 0 Å². The highest BCUT2D eigenvalue weighted by atomic mass is 35.5. The van der Waals surface area contributed by atoms with E-state index in [2.05, 4.69) is 9.71 Å². The van der Waals surface area contributed by atoms with Crippen molar-refractivity contribution in [3.8, 4) is 0 Å². The number of nitrogens with zero attached hydrogens (tertiary/aromatic N) is 1. The second kappa shape index (κ2) is 5.77. The van der Waals surface area contributed by atoms with Gasteiger partial charge in [-0.2, -0.15) is 0 Å². The summed E-state index contributed by atoms with van der Waals surface area (Å²) in [5, 5.41) is 0.581. The molecule has 1 aromatic heterocycles. The van der Waals surface area contributed by atoms with Crippen LogP contribution in [-0.4, -0.2) is 13.4 Å². The summed E-state index contributed by atoms with van der Waals surface area (Å²) >= 11 is 17.4. The van der Waals surface area contributed by atoms with E-state index in [0.717, 1.165) is 11.8 Å². The first-order valence-electron chi connectivity index (χ1n) is 5.39. The van der Waals surface area contributed by atoms with Crippen LogP contribution >= 0.6 is 34.8 Å². The molecule has 0 bridgehead atoms. The monoisotopic (exact) mass is 350 g/mol. The molecule has 0 atom stereocenters. The Kier molecular flexibility index (Phi) is 4.44. The number of aromatic nitrogens is 1. The lowest BCUT2D eigenvalue weighted by Gasteiger charge is -2.09. The van der Waals surface area contributed by atoms with Crippen LogP contribution in [0, 0.1) is 6.92 Å². The second-order valence-electron chi connectivity index (χ2n) is 4.01. The average molecular weight is 352 g/mol. The van der Waals surface area contributed by atoms with Crippen molar-refractivity contribution in [3.05, 3.63) is 51.2 Å². The van der Waals surface area contributed by atoms with Crippen molar-refractivity contribution >= 4 is 50.5 Å². The smallest absolute Gasteiger partial charge is 0.263 e. The zero-order chi connectivity index (χ0) is 14.9. The summed E-state index contributed by atoms with van der Waals surface area (Å²) in [5.41, 5.74) is 1.21. The normalized spacial score (nSPS) is 11.4. The number of halogens is 3. The Balaban J connectivity index is 2.35. The van der Waals surface area contributed by atoms with E-state index in [1.807, 2.05) is 6.92 Å². The number of hydrogen-bond acceptors (Lipinski definition) is 3. The molecule has 2 aromatic rings. The van der Waals surface area contributed by atoms with Crippen molar-refractivity contribution in [2.45, 2.75) is 11.8 Å². The zero-order valence-electron chi connectivity index (χ0n) is 10.2. The minimum Gasteiger partial charge on any atom is -0.280 e. The Morgan fingerprint density at radius 3 is 2.40 bits per heavy atom. The van der Waals surface area contributed by atoms with Gasteiger partial charge in [0, 0.05) is 11.2 Å². The van der Waals surface area contributed by atoms with E-state index in [1.165, 1.54) is 12.1 Å². The van der Waals surface area contributed by atoms with Gasteiger partial charge < -0.3 is 0 Å². The fraction of sp³-hybridized carbons (Fsp3) is 0.0833. The minimum atomic E-state index is -3.80. The summed E-state index contributed by atoms with van der Waals surface area (Å²) in [5.74, 6) is 0. The largest absolute Gasteiger partial charge is 0.280 e. The summed E-state index contributed by atoms with van der Waals surface area (Å²) < 4.78 is 26.7. The number of sulfonamides is 1. The molecule has 1 heterocycles. The van der Waals surface area contributed by atoms with Crippen molar-refractivity contribution in [2.24, 2.45) is 0 Å². The summed E-state index contributed by atoms with van der Waals surface area (Å²) in [6, 6.07) is 6.09. The molecule has 0 aliphatic carbocycles. The molecule has 1 N–H and O–H groups in total. The predicted octanol–water partition coefficient (Wildman–Crippen LogP) is 4.15. The predicted molar refractivity (Wildman–Crippen MR) is 81.3 cm³/mol. The zero-order valence-corrected chi connectivity index (χ0v) is 13.3. The number of rotatable bonds is 3. The number of nitrogens with one attached hydrogen (secondary N) is 1. The Hall–Kier alpha value is -1.01. The Bertz CT molecular complexity index is 763. The highest BCUT2D eigenvalue weighted by molar-refractivity contribution is 7.92.